The fraction of sp³-hybridized carbons (Fsp3) is 0. The molecule has 0 aliphatic heterocycles. The molecule has 0 spiro atoms. The fourth-order valence-corrected chi connectivity index (χ4v) is 3.49. The van der Waals surface area contributed by atoms with Crippen LogP contribution in [-0.4, -0.2) is 19.2 Å². The Labute approximate surface area is 169 Å². The third kappa shape index (κ3) is 4.75. The number of hydrogen-bond acceptors (Lipinski definition) is 5. The van der Waals surface area contributed by atoms with E-state index >= 15 is 0 Å². The van der Waals surface area contributed by atoms with E-state index in [2.05, 4.69) is 10.0 Å². The molecule has 0 aromatic heterocycles. The molecule has 0 saturated heterocycles. The lowest BCUT2D eigenvalue weighted by Crippen LogP contribution is -2.14. The number of non-ortho nitro benzene ring substituents is 1. The molecule has 2 N–H and O–H groups in total. The quantitative estimate of drug-likeness (QED) is 0.451. The standard InChI is InChI=1S/C19H13F2N3O5S/c20-17-10-9-16(11-18(17)21)30(28,29)23-14-5-3-13(4-6-14)22-19(25)12-1-7-15(8-2-12)24(26)27/h1-11,23H,(H,22,25). The van der Waals surface area contributed by atoms with Gasteiger partial charge in [0.1, 0.15) is 0 Å². The van der Waals surface area contributed by atoms with Crippen LogP contribution in [-0.2, 0) is 10.0 Å². The van der Waals surface area contributed by atoms with Crippen LogP contribution in [0, 0.1) is 21.7 Å². The van der Waals surface area contributed by atoms with Crippen molar-refractivity contribution in [3.8, 4) is 0 Å². The third-order valence-electron chi connectivity index (χ3n) is 3.94. The highest BCUT2D eigenvalue weighted by Gasteiger charge is 2.17. The molecule has 0 bridgehead atoms. The molecule has 3 rings (SSSR count). The van der Waals surface area contributed by atoms with Gasteiger partial charge in [-0.25, -0.2) is 17.2 Å². The normalized spacial score (nSPS) is 11.0. The fourth-order valence-electron chi connectivity index (χ4n) is 2.42. The number of carbonyl (C=O) groups excluding carboxylic acids is 1. The Morgan fingerprint density at radius 2 is 1.47 bits per heavy atom. The summed E-state index contributed by atoms with van der Waals surface area (Å²) in [6.07, 6.45) is 0. The van der Waals surface area contributed by atoms with Crippen molar-refractivity contribution in [1.29, 1.82) is 0 Å². The van der Waals surface area contributed by atoms with E-state index in [1.54, 1.807) is 0 Å². The second-order valence-corrected chi connectivity index (χ2v) is 7.70. The first kappa shape index (κ1) is 20.9. The van der Waals surface area contributed by atoms with Crippen LogP contribution < -0.4 is 10.0 Å². The summed E-state index contributed by atoms with van der Waals surface area (Å²) < 4.78 is 53.0. The zero-order valence-corrected chi connectivity index (χ0v) is 15.8. The lowest BCUT2D eigenvalue weighted by molar-refractivity contribution is -0.384. The van der Waals surface area contributed by atoms with E-state index in [0.717, 1.165) is 6.07 Å². The van der Waals surface area contributed by atoms with Crippen LogP contribution in [0.1, 0.15) is 10.4 Å². The second kappa shape index (κ2) is 8.25. The van der Waals surface area contributed by atoms with Crippen LogP contribution in [0.4, 0.5) is 25.8 Å². The summed E-state index contributed by atoms with van der Waals surface area (Å²) in [6.45, 7) is 0. The Balaban J connectivity index is 1.69. The molecular formula is C19H13F2N3O5S. The number of benzene rings is 3. The zero-order chi connectivity index (χ0) is 21.9. The van der Waals surface area contributed by atoms with Crippen molar-refractivity contribution in [1.82, 2.24) is 0 Å². The van der Waals surface area contributed by atoms with Crippen LogP contribution in [0.15, 0.2) is 71.6 Å². The molecule has 0 atom stereocenters. The molecular weight excluding hydrogens is 420 g/mol. The molecule has 0 unspecified atom stereocenters. The van der Waals surface area contributed by atoms with E-state index in [4.69, 9.17) is 0 Å². The predicted molar refractivity (Wildman–Crippen MR) is 105 cm³/mol. The van der Waals surface area contributed by atoms with Gasteiger partial charge in [-0.3, -0.25) is 19.6 Å². The Hall–Kier alpha value is -3.86. The molecule has 30 heavy (non-hydrogen) atoms. The van der Waals surface area contributed by atoms with Crippen molar-refractivity contribution < 1.29 is 26.9 Å². The zero-order valence-electron chi connectivity index (χ0n) is 15.0. The van der Waals surface area contributed by atoms with Crippen molar-refractivity contribution in [2.45, 2.75) is 4.90 Å². The van der Waals surface area contributed by atoms with Gasteiger partial charge in [0.25, 0.3) is 21.6 Å². The Kier molecular flexibility index (Phi) is 5.74. The number of halogens is 2. The average Bonchev–Trinajstić information content (AvgIpc) is 2.71. The first-order chi connectivity index (χ1) is 14.2. The lowest BCUT2D eigenvalue weighted by Gasteiger charge is -2.10. The van der Waals surface area contributed by atoms with Crippen LogP contribution in [0.25, 0.3) is 0 Å². The molecule has 3 aromatic carbocycles. The topological polar surface area (TPSA) is 118 Å². The Bertz CT molecular complexity index is 1210. The Morgan fingerprint density at radius 3 is 2.03 bits per heavy atom. The smallest absolute Gasteiger partial charge is 0.269 e. The minimum Gasteiger partial charge on any atom is -0.322 e. The molecule has 11 heteroatoms. The minimum absolute atomic E-state index is 0.132. The summed E-state index contributed by atoms with van der Waals surface area (Å²) in [4.78, 5) is 21.8. The molecule has 154 valence electrons. The van der Waals surface area contributed by atoms with Gasteiger partial charge in [0, 0.05) is 29.1 Å². The van der Waals surface area contributed by atoms with Crippen molar-refractivity contribution in [2.24, 2.45) is 0 Å². The highest BCUT2D eigenvalue weighted by molar-refractivity contribution is 7.92. The number of sulfonamides is 1. The SMILES string of the molecule is O=C(Nc1ccc(NS(=O)(=O)c2ccc(F)c(F)c2)cc1)c1ccc([N+](=O)[O-])cc1. The highest BCUT2D eigenvalue weighted by atomic mass is 32.2. The number of hydrogen-bond donors (Lipinski definition) is 2. The van der Waals surface area contributed by atoms with Gasteiger partial charge >= 0.3 is 0 Å². The summed E-state index contributed by atoms with van der Waals surface area (Å²) in [6, 6.07) is 12.8. The van der Waals surface area contributed by atoms with Crippen molar-refractivity contribution in [3.05, 3.63) is 94.0 Å². The number of rotatable bonds is 6. The van der Waals surface area contributed by atoms with E-state index < -0.39 is 37.4 Å². The maximum absolute atomic E-state index is 13.3. The number of nitrogens with zero attached hydrogens (tertiary/aromatic N) is 1. The molecule has 0 radical (unpaired) electrons. The molecule has 1 amide bonds. The van der Waals surface area contributed by atoms with Gasteiger partial charge < -0.3 is 5.32 Å². The van der Waals surface area contributed by atoms with Gasteiger partial charge in [0.2, 0.25) is 0 Å². The number of anilines is 2. The second-order valence-electron chi connectivity index (χ2n) is 6.02. The summed E-state index contributed by atoms with van der Waals surface area (Å²) in [5.41, 5.74) is 0.523. The van der Waals surface area contributed by atoms with Crippen LogP contribution >= 0.6 is 0 Å². The maximum atomic E-state index is 13.3. The third-order valence-corrected chi connectivity index (χ3v) is 5.32. The van der Waals surface area contributed by atoms with E-state index in [1.165, 1.54) is 48.5 Å². The first-order valence-electron chi connectivity index (χ1n) is 8.29. The van der Waals surface area contributed by atoms with Gasteiger partial charge in [0.15, 0.2) is 11.6 Å². The molecule has 8 nitrogen and oxygen atoms in total. The first-order valence-corrected chi connectivity index (χ1v) is 9.78. The van der Waals surface area contributed by atoms with Crippen molar-refractivity contribution >= 4 is 33.0 Å². The van der Waals surface area contributed by atoms with Crippen LogP contribution in [0.2, 0.25) is 0 Å². The van der Waals surface area contributed by atoms with Crippen LogP contribution in [0.3, 0.4) is 0 Å². The molecule has 3 aromatic rings. The molecule has 0 heterocycles. The van der Waals surface area contributed by atoms with Gasteiger partial charge in [0.05, 0.1) is 9.82 Å². The number of amides is 1. The summed E-state index contributed by atoms with van der Waals surface area (Å²) >= 11 is 0. The van der Waals surface area contributed by atoms with E-state index in [9.17, 15) is 32.1 Å². The summed E-state index contributed by atoms with van der Waals surface area (Å²) in [5.74, 6) is -2.97. The summed E-state index contributed by atoms with van der Waals surface area (Å²) in [7, 11) is -4.14. The van der Waals surface area contributed by atoms with Gasteiger partial charge in [-0.15, -0.1) is 0 Å². The average molecular weight is 433 g/mol. The van der Waals surface area contributed by atoms with E-state index in [1.807, 2.05) is 0 Å². The molecule has 0 aliphatic carbocycles. The minimum atomic E-state index is -4.14. The molecule has 0 aliphatic rings. The van der Waals surface area contributed by atoms with E-state index in [0.29, 0.717) is 17.8 Å². The van der Waals surface area contributed by atoms with Crippen LogP contribution in [0.5, 0.6) is 0 Å². The van der Waals surface area contributed by atoms with Gasteiger partial charge in [-0.1, -0.05) is 0 Å². The Morgan fingerprint density at radius 1 is 0.867 bits per heavy atom. The number of nitrogens with one attached hydrogen (secondary N) is 2. The van der Waals surface area contributed by atoms with Crippen molar-refractivity contribution in [2.75, 3.05) is 10.0 Å². The van der Waals surface area contributed by atoms with Crippen molar-refractivity contribution in [3.63, 3.8) is 0 Å². The predicted octanol–water partition coefficient (Wildman–Crippen LogP) is 3.93. The number of nitro benzene ring substituents is 1. The lowest BCUT2D eigenvalue weighted by atomic mass is 10.2. The van der Waals surface area contributed by atoms with E-state index in [-0.39, 0.29) is 16.9 Å². The van der Waals surface area contributed by atoms with Gasteiger partial charge in [-0.05, 0) is 54.6 Å². The number of carbonyl (C=O) groups is 1. The highest BCUT2D eigenvalue weighted by Crippen LogP contribution is 2.20. The maximum Gasteiger partial charge on any atom is 0.269 e. The summed E-state index contributed by atoms with van der Waals surface area (Å²) in [5, 5.41) is 13.2. The number of nitro groups is 1. The van der Waals surface area contributed by atoms with Gasteiger partial charge in [-0.2, -0.15) is 0 Å². The molecule has 0 fully saturated rings. The molecule has 0 saturated carbocycles. The monoisotopic (exact) mass is 433 g/mol. The largest absolute Gasteiger partial charge is 0.322 e.